The van der Waals surface area contributed by atoms with E-state index in [1.165, 1.54) is 6.07 Å². The third-order valence-electron chi connectivity index (χ3n) is 3.02. The van der Waals surface area contributed by atoms with Gasteiger partial charge in [-0.1, -0.05) is 18.5 Å². The van der Waals surface area contributed by atoms with Crippen molar-refractivity contribution in [1.29, 1.82) is 0 Å². The predicted octanol–water partition coefficient (Wildman–Crippen LogP) is 3.67. The van der Waals surface area contributed by atoms with Crippen molar-refractivity contribution in [3.05, 3.63) is 34.6 Å². The largest absolute Gasteiger partial charge is 0.472 e. The molecule has 2 atom stereocenters. The van der Waals surface area contributed by atoms with Crippen molar-refractivity contribution in [2.45, 2.75) is 31.7 Å². The van der Waals surface area contributed by atoms with E-state index in [4.69, 9.17) is 16.3 Å². The zero-order chi connectivity index (χ0) is 12.3. The van der Waals surface area contributed by atoms with Gasteiger partial charge < -0.3 is 4.74 Å². The van der Waals surface area contributed by atoms with Crippen LogP contribution in [0.3, 0.4) is 0 Å². The highest BCUT2D eigenvalue weighted by atomic mass is 35.5. The van der Waals surface area contributed by atoms with Crippen molar-refractivity contribution in [3.63, 3.8) is 0 Å². The maximum atomic E-state index is 13.7. The molecular formula is C13H14ClFNO. The lowest BCUT2D eigenvalue weighted by Crippen LogP contribution is -2.13. The third kappa shape index (κ3) is 2.97. The molecule has 0 saturated heterocycles. The number of nitrogens with zero attached hydrogens (tertiary/aromatic N) is 1. The number of rotatable bonds is 4. The molecule has 0 amide bonds. The minimum absolute atomic E-state index is 0.0818. The van der Waals surface area contributed by atoms with Crippen LogP contribution in [-0.4, -0.2) is 19.0 Å². The van der Waals surface area contributed by atoms with Gasteiger partial charge >= 0.3 is 0 Å². The Bertz CT molecular complexity index is 422. The summed E-state index contributed by atoms with van der Waals surface area (Å²) >= 11 is 5.91. The lowest BCUT2D eigenvalue weighted by atomic mass is 9.90. The van der Waals surface area contributed by atoms with Gasteiger partial charge in [-0.2, -0.15) is 0 Å². The summed E-state index contributed by atoms with van der Waals surface area (Å²) in [7, 11) is 0. The number of benzene rings is 1. The molecule has 91 valence electrons. The summed E-state index contributed by atoms with van der Waals surface area (Å²) in [4.78, 5) is 4.07. The Kier molecular flexibility index (Phi) is 4.00. The van der Waals surface area contributed by atoms with E-state index < -0.39 is 0 Å². The zero-order valence-electron chi connectivity index (χ0n) is 9.62. The SMILES string of the molecule is CCC(CC1CO[C]=N1)c1cc(Cl)ccc1F. The van der Waals surface area contributed by atoms with E-state index in [2.05, 4.69) is 11.4 Å². The molecular weight excluding hydrogens is 241 g/mol. The molecule has 1 aromatic carbocycles. The van der Waals surface area contributed by atoms with Crippen molar-refractivity contribution < 1.29 is 9.13 Å². The Morgan fingerprint density at radius 1 is 1.65 bits per heavy atom. The van der Waals surface area contributed by atoms with Crippen molar-refractivity contribution in [3.8, 4) is 0 Å². The summed E-state index contributed by atoms with van der Waals surface area (Å²) in [5.41, 5.74) is 0.669. The minimum Gasteiger partial charge on any atom is -0.472 e. The first-order valence-electron chi connectivity index (χ1n) is 5.72. The van der Waals surface area contributed by atoms with Gasteiger partial charge in [-0.05, 0) is 42.5 Å². The fourth-order valence-corrected chi connectivity index (χ4v) is 2.25. The zero-order valence-corrected chi connectivity index (χ0v) is 10.4. The van der Waals surface area contributed by atoms with Crippen LogP contribution in [-0.2, 0) is 4.74 Å². The van der Waals surface area contributed by atoms with Crippen LogP contribution in [0.15, 0.2) is 23.2 Å². The Balaban J connectivity index is 2.16. The van der Waals surface area contributed by atoms with Crippen LogP contribution < -0.4 is 0 Å². The molecule has 0 spiro atoms. The quantitative estimate of drug-likeness (QED) is 0.803. The first-order chi connectivity index (χ1) is 8.20. The molecule has 4 heteroatoms. The van der Waals surface area contributed by atoms with Crippen LogP contribution in [0.2, 0.25) is 5.02 Å². The average Bonchev–Trinajstić information content (AvgIpc) is 2.82. The molecule has 2 nitrogen and oxygen atoms in total. The third-order valence-corrected chi connectivity index (χ3v) is 3.26. The van der Waals surface area contributed by atoms with Crippen LogP contribution in [0.5, 0.6) is 0 Å². The smallest absolute Gasteiger partial charge is 0.273 e. The lowest BCUT2D eigenvalue weighted by Gasteiger charge is -2.18. The molecule has 0 aromatic heterocycles. The van der Waals surface area contributed by atoms with Crippen LogP contribution in [0.4, 0.5) is 4.39 Å². The van der Waals surface area contributed by atoms with E-state index >= 15 is 0 Å². The van der Waals surface area contributed by atoms with Gasteiger partial charge in [0.1, 0.15) is 12.4 Å². The van der Waals surface area contributed by atoms with Crippen LogP contribution in [0.1, 0.15) is 31.2 Å². The molecule has 17 heavy (non-hydrogen) atoms. The number of ether oxygens (including phenoxy) is 1. The van der Waals surface area contributed by atoms with E-state index in [1.807, 2.05) is 6.92 Å². The van der Waals surface area contributed by atoms with Gasteiger partial charge in [0.15, 0.2) is 0 Å². The van der Waals surface area contributed by atoms with Gasteiger partial charge in [0.05, 0.1) is 6.04 Å². The van der Waals surface area contributed by atoms with Gasteiger partial charge in [-0.3, -0.25) is 0 Å². The molecule has 1 heterocycles. The standard InChI is InChI=1S/C13H14ClFNO/c1-2-9(5-11-7-17-8-16-11)12-6-10(14)3-4-13(12)15/h3-4,6,9,11H,2,5,7H2,1H3. The Hall–Kier alpha value is -1.09. The number of halogens is 2. The number of aliphatic imine (C=N–C) groups is 1. The maximum Gasteiger partial charge on any atom is 0.273 e. The highest BCUT2D eigenvalue weighted by Gasteiger charge is 2.21. The van der Waals surface area contributed by atoms with Crippen molar-refractivity contribution in [1.82, 2.24) is 0 Å². The summed E-state index contributed by atoms with van der Waals surface area (Å²) < 4.78 is 18.7. The summed E-state index contributed by atoms with van der Waals surface area (Å²) in [5.74, 6) is -0.0842. The first-order valence-corrected chi connectivity index (χ1v) is 6.10. The monoisotopic (exact) mass is 254 g/mol. The topological polar surface area (TPSA) is 21.6 Å². The van der Waals surface area contributed by atoms with Gasteiger partial charge in [0.2, 0.25) is 0 Å². The molecule has 1 aromatic rings. The summed E-state index contributed by atoms with van der Waals surface area (Å²) in [6.07, 6.45) is 4.10. The van der Waals surface area contributed by atoms with Gasteiger partial charge in [-0.25, -0.2) is 9.38 Å². The van der Waals surface area contributed by atoms with Crippen molar-refractivity contribution in [2.24, 2.45) is 4.99 Å². The molecule has 2 unspecified atom stereocenters. The van der Waals surface area contributed by atoms with Gasteiger partial charge in [-0.15, -0.1) is 0 Å². The number of hydrogen-bond donors (Lipinski definition) is 0. The molecule has 0 saturated carbocycles. The molecule has 1 aliphatic rings. The maximum absolute atomic E-state index is 13.7. The molecule has 2 rings (SSSR count). The van der Waals surface area contributed by atoms with Gasteiger partial charge in [0, 0.05) is 5.02 Å². The van der Waals surface area contributed by atoms with E-state index in [0.717, 1.165) is 12.8 Å². The van der Waals surface area contributed by atoms with Gasteiger partial charge in [0.25, 0.3) is 6.40 Å². The fraction of sp³-hybridized carbons (Fsp3) is 0.462. The summed E-state index contributed by atoms with van der Waals surface area (Å²) in [6.45, 7) is 2.58. The molecule has 1 radical (unpaired) electrons. The fourth-order valence-electron chi connectivity index (χ4n) is 2.07. The van der Waals surface area contributed by atoms with Crippen molar-refractivity contribution >= 4 is 18.0 Å². The Labute approximate surface area is 105 Å². The average molecular weight is 255 g/mol. The minimum atomic E-state index is -0.201. The molecule has 0 N–H and O–H groups in total. The molecule has 0 aliphatic carbocycles. The second-order valence-electron chi connectivity index (χ2n) is 4.19. The second kappa shape index (κ2) is 5.50. The molecule has 0 bridgehead atoms. The highest BCUT2D eigenvalue weighted by molar-refractivity contribution is 6.30. The normalized spacial score (nSPS) is 20.3. The number of hydrogen-bond acceptors (Lipinski definition) is 2. The first kappa shape index (κ1) is 12.4. The molecule has 0 fully saturated rings. The predicted molar refractivity (Wildman–Crippen MR) is 66.2 cm³/mol. The highest BCUT2D eigenvalue weighted by Crippen LogP contribution is 2.30. The molecule has 1 aliphatic heterocycles. The van der Waals surface area contributed by atoms with E-state index in [1.54, 1.807) is 12.1 Å². The Morgan fingerprint density at radius 3 is 3.12 bits per heavy atom. The van der Waals surface area contributed by atoms with E-state index in [9.17, 15) is 4.39 Å². The summed E-state index contributed by atoms with van der Waals surface area (Å²) in [5, 5.41) is 0.567. The van der Waals surface area contributed by atoms with E-state index in [-0.39, 0.29) is 17.8 Å². The van der Waals surface area contributed by atoms with Crippen LogP contribution >= 0.6 is 11.6 Å². The van der Waals surface area contributed by atoms with Crippen molar-refractivity contribution in [2.75, 3.05) is 6.61 Å². The van der Waals surface area contributed by atoms with E-state index in [0.29, 0.717) is 17.2 Å². The van der Waals surface area contributed by atoms with Crippen LogP contribution in [0.25, 0.3) is 0 Å². The second-order valence-corrected chi connectivity index (χ2v) is 4.63. The lowest BCUT2D eigenvalue weighted by molar-refractivity contribution is 0.313. The summed E-state index contributed by atoms with van der Waals surface area (Å²) in [6, 6.07) is 4.77. The van der Waals surface area contributed by atoms with Crippen LogP contribution in [0, 0.1) is 5.82 Å². The Morgan fingerprint density at radius 2 is 2.47 bits per heavy atom.